The Labute approximate surface area is 90.2 Å². The first-order valence-electron chi connectivity index (χ1n) is 4.26. The van der Waals surface area contributed by atoms with E-state index < -0.39 is 22.2 Å². The molecule has 0 saturated carbocycles. The molecule has 1 aromatic carbocycles. The number of nitriles is 1. The lowest BCUT2D eigenvalue weighted by Crippen LogP contribution is -1.91. The predicted octanol–water partition coefficient (Wildman–Crippen LogP) is 2.37. The van der Waals surface area contributed by atoms with Crippen molar-refractivity contribution in [1.29, 1.82) is 5.26 Å². The van der Waals surface area contributed by atoms with Crippen molar-refractivity contribution in [1.82, 2.24) is 0 Å². The van der Waals surface area contributed by atoms with Crippen molar-refractivity contribution in [3.05, 3.63) is 39.7 Å². The van der Waals surface area contributed by atoms with Crippen molar-refractivity contribution in [2.75, 3.05) is 0 Å². The van der Waals surface area contributed by atoms with Crippen LogP contribution in [0.2, 0.25) is 0 Å². The Hall–Kier alpha value is -2.42. The number of aromatic hydroxyl groups is 1. The average Bonchev–Trinajstić information content (AvgIpc) is 2.21. The predicted molar refractivity (Wildman–Crippen MR) is 54.0 cm³/mol. The molecule has 6 heteroatoms. The third kappa shape index (κ3) is 2.54. The van der Waals surface area contributed by atoms with Gasteiger partial charge < -0.3 is 5.11 Å². The summed E-state index contributed by atoms with van der Waals surface area (Å²) in [5.41, 5.74) is -0.613. The molecule has 0 radical (unpaired) electrons. The fourth-order valence-corrected chi connectivity index (χ4v) is 1.08. The van der Waals surface area contributed by atoms with Gasteiger partial charge in [0.15, 0.2) is 5.75 Å². The summed E-state index contributed by atoms with van der Waals surface area (Å²) in [6.45, 7) is 0. The van der Waals surface area contributed by atoms with Crippen LogP contribution in [-0.2, 0) is 0 Å². The third-order valence-electron chi connectivity index (χ3n) is 1.80. The fraction of sp³-hybridized carbons (Fsp3) is 0.100. The van der Waals surface area contributed by atoms with Gasteiger partial charge in [-0.15, -0.1) is 0 Å². The minimum atomic E-state index is -0.809. The van der Waals surface area contributed by atoms with Gasteiger partial charge in [0.25, 0.3) is 0 Å². The van der Waals surface area contributed by atoms with Crippen LogP contribution in [-0.4, -0.2) is 10.0 Å². The van der Waals surface area contributed by atoms with Crippen LogP contribution >= 0.6 is 0 Å². The Morgan fingerprint density at radius 3 is 2.88 bits per heavy atom. The highest BCUT2D eigenvalue weighted by Gasteiger charge is 2.16. The Morgan fingerprint density at radius 1 is 1.62 bits per heavy atom. The van der Waals surface area contributed by atoms with Crippen molar-refractivity contribution in [3.8, 4) is 11.8 Å². The van der Waals surface area contributed by atoms with E-state index in [9.17, 15) is 14.5 Å². The van der Waals surface area contributed by atoms with Gasteiger partial charge in [-0.3, -0.25) is 10.1 Å². The number of nitro benzene ring substituents is 1. The first-order valence-corrected chi connectivity index (χ1v) is 4.26. The highest BCUT2D eigenvalue weighted by molar-refractivity contribution is 5.59. The second-order valence-corrected chi connectivity index (χ2v) is 2.88. The van der Waals surface area contributed by atoms with E-state index in [0.29, 0.717) is 6.07 Å². The molecule has 16 heavy (non-hydrogen) atoms. The van der Waals surface area contributed by atoms with Gasteiger partial charge >= 0.3 is 5.69 Å². The number of phenolic OH excluding ortho intramolecular Hbond substituents is 1. The summed E-state index contributed by atoms with van der Waals surface area (Å²) < 4.78 is 13.2. The standard InChI is InChI=1S/C10H7FN2O3/c11-8-6-10(14)9(13(15)16)5-7(8)3-1-2-4-12/h1,3,5-6,14H,2H2. The molecule has 0 aliphatic rings. The lowest BCUT2D eigenvalue weighted by atomic mass is 10.1. The number of allylic oxidation sites excluding steroid dienone is 1. The number of hydrogen-bond acceptors (Lipinski definition) is 4. The molecule has 0 atom stereocenters. The topological polar surface area (TPSA) is 87.2 Å². The largest absolute Gasteiger partial charge is 0.502 e. The van der Waals surface area contributed by atoms with Crippen molar-refractivity contribution in [2.45, 2.75) is 6.42 Å². The van der Waals surface area contributed by atoms with E-state index in [1.807, 2.05) is 6.07 Å². The average molecular weight is 222 g/mol. The van der Waals surface area contributed by atoms with E-state index in [0.717, 1.165) is 6.07 Å². The zero-order valence-corrected chi connectivity index (χ0v) is 8.05. The Bertz CT molecular complexity index is 492. The molecule has 0 bridgehead atoms. The summed E-state index contributed by atoms with van der Waals surface area (Å²) in [7, 11) is 0. The normalized spacial score (nSPS) is 10.2. The number of benzene rings is 1. The summed E-state index contributed by atoms with van der Waals surface area (Å²) in [5, 5.41) is 27.8. The molecule has 0 heterocycles. The lowest BCUT2D eigenvalue weighted by molar-refractivity contribution is -0.385. The first-order chi connectivity index (χ1) is 7.56. The van der Waals surface area contributed by atoms with Crippen molar-refractivity contribution in [2.24, 2.45) is 0 Å². The molecule has 1 rings (SSSR count). The van der Waals surface area contributed by atoms with Crippen LogP contribution in [0.5, 0.6) is 5.75 Å². The zero-order valence-electron chi connectivity index (χ0n) is 8.05. The Morgan fingerprint density at radius 2 is 2.31 bits per heavy atom. The fourth-order valence-electron chi connectivity index (χ4n) is 1.08. The number of halogens is 1. The lowest BCUT2D eigenvalue weighted by Gasteiger charge is -1.99. The molecule has 0 aliphatic heterocycles. The summed E-state index contributed by atoms with van der Waals surface area (Å²) in [6, 6.07) is 3.40. The number of phenols is 1. The number of nitro groups is 1. The van der Waals surface area contributed by atoms with Gasteiger partial charge in [-0.05, 0) is 0 Å². The van der Waals surface area contributed by atoms with E-state index in [-0.39, 0.29) is 12.0 Å². The minimum Gasteiger partial charge on any atom is -0.502 e. The maximum Gasteiger partial charge on any atom is 0.311 e. The number of nitrogens with zero attached hydrogens (tertiary/aromatic N) is 2. The van der Waals surface area contributed by atoms with Crippen molar-refractivity contribution < 1.29 is 14.4 Å². The van der Waals surface area contributed by atoms with Crippen LogP contribution in [0.15, 0.2) is 18.2 Å². The van der Waals surface area contributed by atoms with Crippen LogP contribution in [0.1, 0.15) is 12.0 Å². The van der Waals surface area contributed by atoms with Gasteiger partial charge in [0, 0.05) is 17.7 Å². The summed E-state index contributed by atoms with van der Waals surface area (Å²) in [5.74, 6) is -1.50. The zero-order chi connectivity index (χ0) is 12.1. The molecule has 0 amide bonds. The minimum absolute atomic E-state index is 0.0419. The van der Waals surface area contributed by atoms with E-state index >= 15 is 0 Å². The molecule has 5 nitrogen and oxygen atoms in total. The molecule has 0 fully saturated rings. The monoisotopic (exact) mass is 222 g/mol. The molecule has 1 aromatic rings. The third-order valence-corrected chi connectivity index (χ3v) is 1.80. The van der Waals surface area contributed by atoms with Crippen molar-refractivity contribution >= 4 is 11.8 Å². The molecule has 0 aliphatic carbocycles. The molecular weight excluding hydrogens is 215 g/mol. The highest BCUT2D eigenvalue weighted by atomic mass is 19.1. The maximum absolute atomic E-state index is 13.2. The van der Waals surface area contributed by atoms with Crippen LogP contribution in [0.4, 0.5) is 10.1 Å². The van der Waals surface area contributed by atoms with Crippen LogP contribution in [0.3, 0.4) is 0 Å². The molecule has 82 valence electrons. The summed E-state index contributed by atoms with van der Waals surface area (Å²) in [4.78, 5) is 9.65. The van der Waals surface area contributed by atoms with Gasteiger partial charge in [-0.1, -0.05) is 12.2 Å². The first kappa shape index (κ1) is 11.7. The molecule has 0 spiro atoms. The number of hydrogen-bond donors (Lipinski definition) is 1. The van der Waals surface area contributed by atoms with Gasteiger partial charge in [0.1, 0.15) is 5.82 Å². The van der Waals surface area contributed by atoms with Crippen LogP contribution in [0.25, 0.3) is 6.08 Å². The summed E-state index contributed by atoms with van der Waals surface area (Å²) in [6.07, 6.45) is 2.71. The second-order valence-electron chi connectivity index (χ2n) is 2.88. The van der Waals surface area contributed by atoms with Gasteiger partial charge in [-0.25, -0.2) is 4.39 Å². The smallest absolute Gasteiger partial charge is 0.311 e. The Kier molecular flexibility index (Phi) is 3.56. The van der Waals surface area contributed by atoms with Gasteiger partial charge in [-0.2, -0.15) is 5.26 Å². The van der Waals surface area contributed by atoms with E-state index in [2.05, 4.69) is 0 Å². The molecule has 0 aromatic heterocycles. The molecule has 0 saturated heterocycles. The summed E-state index contributed by atoms with van der Waals surface area (Å²) >= 11 is 0. The highest BCUT2D eigenvalue weighted by Crippen LogP contribution is 2.29. The molecular formula is C10H7FN2O3. The molecule has 1 N–H and O–H groups in total. The second kappa shape index (κ2) is 4.89. The Balaban J connectivity index is 3.16. The van der Waals surface area contributed by atoms with Crippen LogP contribution in [0, 0.1) is 27.3 Å². The quantitative estimate of drug-likeness (QED) is 0.628. The maximum atomic E-state index is 13.2. The van der Waals surface area contributed by atoms with E-state index in [1.54, 1.807) is 0 Å². The van der Waals surface area contributed by atoms with E-state index in [1.165, 1.54) is 12.2 Å². The van der Waals surface area contributed by atoms with E-state index in [4.69, 9.17) is 10.4 Å². The van der Waals surface area contributed by atoms with Crippen molar-refractivity contribution in [3.63, 3.8) is 0 Å². The van der Waals surface area contributed by atoms with Crippen LogP contribution < -0.4 is 0 Å². The van der Waals surface area contributed by atoms with Gasteiger partial charge in [0.05, 0.1) is 17.4 Å². The SMILES string of the molecule is N#CCC=Cc1cc([N+](=O)[O-])c(O)cc1F. The molecule has 0 unspecified atom stereocenters. The number of rotatable bonds is 3. The van der Waals surface area contributed by atoms with Gasteiger partial charge in [0.2, 0.25) is 0 Å².